The summed E-state index contributed by atoms with van der Waals surface area (Å²) < 4.78 is 37.0. The Hall–Kier alpha value is -4.36. The van der Waals surface area contributed by atoms with Crippen LogP contribution < -0.4 is 9.46 Å². The first-order valence-electron chi connectivity index (χ1n) is 22.6. The van der Waals surface area contributed by atoms with E-state index in [1.165, 1.54) is 25.7 Å². The number of imidazole rings is 1. The summed E-state index contributed by atoms with van der Waals surface area (Å²) >= 11 is 1.65. The molecule has 3 saturated carbocycles. The summed E-state index contributed by atoms with van der Waals surface area (Å²) in [5.74, 6) is -1.04. The Morgan fingerprint density at radius 2 is 1.75 bits per heavy atom. The minimum atomic E-state index is -3.91. The molecule has 324 valence electrons. The fourth-order valence-corrected chi connectivity index (χ4v) is 12.4. The van der Waals surface area contributed by atoms with Gasteiger partial charge in [-0.15, -0.1) is 11.3 Å². The van der Waals surface area contributed by atoms with Crippen molar-refractivity contribution in [2.45, 2.75) is 146 Å². The Morgan fingerprint density at radius 3 is 2.51 bits per heavy atom. The number of benzene rings is 2. The van der Waals surface area contributed by atoms with E-state index in [-0.39, 0.29) is 49.0 Å². The lowest BCUT2D eigenvalue weighted by molar-refractivity contribution is -0.142. The molecule has 0 spiro atoms. The van der Waals surface area contributed by atoms with Crippen molar-refractivity contribution in [1.82, 2.24) is 24.2 Å². The Balaban J connectivity index is 1.04. The number of fused-ring (bicyclic) bond motifs is 3. The van der Waals surface area contributed by atoms with Crippen LogP contribution in [0.2, 0.25) is 0 Å². The van der Waals surface area contributed by atoms with Gasteiger partial charge in [-0.05, 0) is 102 Å². The lowest BCUT2D eigenvalue weighted by Crippen LogP contribution is -2.47. The zero-order chi connectivity index (χ0) is 42.5. The summed E-state index contributed by atoms with van der Waals surface area (Å²) in [7, 11) is -3.91. The van der Waals surface area contributed by atoms with Crippen LogP contribution >= 0.6 is 11.3 Å². The van der Waals surface area contributed by atoms with Crippen LogP contribution in [0, 0.1) is 17.3 Å². The molecule has 9 rings (SSSR count). The Morgan fingerprint density at radius 1 is 0.984 bits per heavy atom. The predicted molar refractivity (Wildman–Crippen MR) is 238 cm³/mol. The molecule has 13 heteroatoms. The number of amides is 2. The number of sulfonamides is 1. The van der Waals surface area contributed by atoms with Crippen molar-refractivity contribution < 1.29 is 27.5 Å². The molecule has 3 aliphatic carbocycles. The number of nitrogens with one attached hydrogen (secondary N) is 1. The molecule has 4 fully saturated rings. The lowest BCUT2D eigenvalue weighted by Gasteiger charge is -2.29. The molecule has 4 heterocycles. The second-order valence-electron chi connectivity index (χ2n) is 19.0. The lowest BCUT2D eigenvalue weighted by atomic mass is 9.90. The average molecular weight is 866 g/mol. The Labute approximate surface area is 363 Å². The molecule has 0 radical (unpaired) electrons. The second-order valence-corrected chi connectivity index (χ2v) is 22.1. The number of rotatable bonds is 10. The van der Waals surface area contributed by atoms with Gasteiger partial charge in [0.25, 0.3) is 6.01 Å². The topological polar surface area (TPSA) is 141 Å². The number of carbonyl (C=O) groups is 3. The summed E-state index contributed by atoms with van der Waals surface area (Å²) in [6.07, 6.45) is 14.7. The number of nitrogens with zero attached hydrogens (tertiary/aromatic N) is 4. The Kier molecular flexibility index (Phi) is 11.5. The molecule has 5 atom stereocenters. The molecule has 1 saturated heterocycles. The fourth-order valence-electron chi connectivity index (χ4n) is 10.1. The first-order valence-corrected chi connectivity index (χ1v) is 25.0. The maximum atomic E-state index is 15.0. The molecule has 4 aromatic rings. The van der Waals surface area contributed by atoms with Gasteiger partial charge in [-0.25, -0.2) is 13.4 Å². The van der Waals surface area contributed by atoms with Gasteiger partial charge in [-0.3, -0.25) is 23.7 Å². The summed E-state index contributed by atoms with van der Waals surface area (Å²) in [5.41, 5.74) is 3.72. The number of ether oxygens (including phenoxy) is 1. The van der Waals surface area contributed by atoms with E-state index >= 15 is 0 Å². The van der Waals surface area contributed by atoms with Gasteiger partial charge in [0.15, 0.2) is 5.78 Å². The molecule has 5 aliphatic rings. The van der Waals surface area contributed by atoms with E-state index in [0.717, 1.165) is 58.5 Å². The van der Waals surface area contributed by atoms with Gasteiger partial charge in [0, 0.05) is 41.7 Å². The van der Waals surface area contributed by atoms with Crippen molar-refractivity contribution in [2.24, 2.45) is 17.3 Å². The van der Waals surface area contributed by atoms with Gasteiger partial charge in [-0.1, -0.05) is 74.2 Å². The van der Waals surface area contributed by atoms with Crippen LogP contribution in [0.1, 0.15) is 134 Å². The number of para-hydroxylation sites is 1. The summed E-state index contributed by atoms with van der Waals surface area (Å²) in [6.45, 7) is 6.04. The molecule has 11 nitrogen and oxygen atoms in total. The number of ketones is 1. The third-order valence-electron chi connectivity index (χ3n) is 14.3. The molecule has 0 bridgehead atoms. The van der Waals surface area contributed by atoms with Crippen LogP contribution in [-0.2, 0) is 30.8 Å². The Bertz CT molecular complexity index is 2430. The van der Waals surface area contributed by atoms with E-state index < -0.39 is 38.2 Å². The average Bonchev–Trinajstić information content (AvgIpc) is 3.72. The van der Waals surface area contributed by atoms with Crippen LogP contribution in [0.5, 0.6) is 6.01 Å². The number of thiazole rings is 1. The molecule has 61 heavy (non-hydrogen) atoms. The van der Waals surface area contributed by atoms with Crippen molar-refractivity contribution in [3.8, 4) is 16.6 Å². The first-order chi connectivity index (χ1) is 29.4. The van der Waals surface area contributed by atoms with E-state index in [1.807, 2.05) is 42.5 Å². The largest absolute Gasteiger partial charge is 0.459 e. The molecule has 0 unspecified atom stereocenters. The highest BCUT2D eigenvalue weighted by molar-refractivity contribution is 7.91. The number of Topliss-reactive ketones (excluding diaryl/α,β-unsaturated/α-hetero) is 1. The number of aromatic nitrogens is 3. The van der Waals surface area contributed by atoms with Crippen LogP contribution in [0.3, 0.4) is 0 Å². The van der Waals surface area contributed by atoms with Crippen LogP contribution in [0.4, 0.5) is 0 Å². The first kappa shape index (κ1) is 42.0. The van der Waals surface area contributed by atoms with E-state index in [2.05, 4.69) is 46.7 Å². The molecule has 2 aromatic carbocycles. The highest BCUT2D eigenvalue weighted by Crippen LogP contribution is 2.58. The molecule has 1 N–H and O–H groups in total. The zero-order valence-electron chi connectivity index (χ0n) is 35.7. The summed E-state index contributed by atoms with van der Waals surface area (Å²) in [5, 5.41) is 3.13. The quantitative estimate of drug-likeness (QED) is 0.156. The van der Waals surface area contributed by atoms with Gasteiger partial charge in [0.05, 0.1) is 34.0 Å². The highest BCUT2D eigenvalue weighted by Gasteiger charge is 2.62. The van der Waals surface area contributed by atoms with Gasteiger partial charge < -0.3 is 9.64 Å². The smallest absolute Gasteiger partial charge is 0.297 e. The van der Waals surface area contributed by atoms with E-state index in [9.17, 15) is 22.8 Å². The van der Waals surface area contributed by atoms with Gasteiger partial charge in [0.2, 0.25) is 21.8 Å². The van der Waals surface area contributed by atoms with E-state index in [1.54, 1.807) is 23.2 Å². The van der Waals surface area contributed by atoms with E-state index in [0.29, 0.717) is 44.0 Å². The number of hydrogen-bond acceptors (Lipinski definition) is 9. The molecular weight excluding hydrogens is 807 g/mol. The van der Waals surface area contributed by atoms with Gasteiger partial charge >= 0.3 is 0 Å². The fraction of sp³-hybridized carbons (Fsp3) is 0.562. The van der Waals surface area contributed by atoms with Gasteiger partial charge in [-0.2, -0.15) is 4.98 Å². The third kappa shape index (κ3) is 8.33. The van der Waals surface area contributed by atoms with Crippen LogP contribution in [0.25, 0.3) is 21.6 Å². The summed E-state index contributed by atoms with van der Waals surface area (Å²) in [4.78, 5) is 55.9. The van der Waals surface area contributed by atoms with Gasteiger partial charge in [0.1, 0.15) is 16.6 Å². The summed E-state index contributed by atoms with van der Waals surface area (Å²) in [6, 6.07) is 15.8. The normalized spacial score (nSPS) is 27.6. The third-order valence-corrected chi connectivity index (χ3v) is 17.3. The van der Waals surface area contributed by atoms with Crippen molar-refractivity contribution in [1.29, 1.82) is 0 Å². The molecular formula is C48H59N5O6S2. The van der Waals surface area contributed by atoms with Crippen molar-refractivity contribution in [3.05, 3.63) is 77.3 Å². The minimum Gasteiger partial charge on any atom is -0.459 e. The number of allylic oxidation sites excluding steroid dienone is 2. The highest BCUT2D eigenvalue weighted by atomic mass is 32.2. The van der Waals surface area contributed by atoms with Crippen molar-refractivity contribution in [2.75, 3.05) is 6.54 Å². The van der Waals surface area contributed by atoms with Crippen LogP contribution in [0.15, 0.2) is 66.1 Å². The van der Waals surface area contributed by atoms with Crippen molar-refractivity contribution in [3.63, 3.8) is 0 Å². The monoisotopic (exact) mass is 865 g/mol. The van der Waals surface area contributed by atoms with Crippen molar-refractivity contribution >= 4 is 50.0 Å². The molecule has 2 amide bonds. The maximum absolute atomic E-state index is 15.0. The molecule has 2 aliphatic heterocycles. The predicted octanol–water partition coefficient (Wildman–Crippen LogP) is 9.09. The SMILES string of the molecule is CC(C)n1c(O[C@@H]2C[C@H]3C(=O)C[C@]4(C(=O)NS(=O)(=O)C5(C)CC5)C[C@@H]4/C=C\CCCCC[C@H](Cc4ccccc4)C(=O)N3C2)nc2c(-c3nc(C4CCCC4)cs3)cccc21. The van der Waals surface area contributed by atoms with Crippen LogP contribution in [-0.4, -0.2) is 68.9 Å². The number of hydrogen-bond donors (Lipinski definition) is 1. The minimum absolute atomic E-state index is 0.00150. The molecule has 2 aromatic heterocycles. The second kappa shape index (κ2) is 16.7. The standard InChI is InChI=1S/C48H59N5O6S2/c1-31(2)53-39-22-14-21-37(43-49-38(30-60-43)33-17-12-13-18-33)42(39)50-46(53)59-36-26-40-41(54)28-48(45(56)51-61(57,58)47(3)23-24-47)27-35(48)20-11-6-4-5-10-19-34(44(55)52(40)29-36)25-32-15-8-7-9-16-32/h7-9,11,14-16,20-22,30-31,33-36,40H,4-6,10,12-13,17-19,23-29H2,1-3H3,(H,51,56)/b20-11-/t34-,35+,36-,40+,48-/m1/s1. The zero-order valence-corrected chi connectivity index (χ0v) is 37.3. The van der Waals surface area contributed by atoms with E-state index in [4.69, 9.17) is 14.7 Å². The number of carbonyl (C=O) groups excluding carboxylic acids is 3. The maximum Gasteiger partial charge on any atom is 0.297 e.